The molecular formula is C11H12N4O4S. The summed E-state index contributed by atoms with van der Waals surface area (Å²) in [6.45, 7) is 0.0106. The molecule has 0 atom stereocenters. The Morgan fingerprint density at radius 2 is 2.00 bits per heavy atom. The molecule has 0 bridgehead atoms. The topological polar surface area (TPSA) is 132 Å². The van der Waals surface area contributed by atoms with Crippen LogP contribution in [-0.2, 0) is 16.4 Å². The molecule has 1 aromatic heterocycles. The normalized spacial score (nSPS) is 11.2. The highest BCUT2D eigenvalue weighted by Crippen LogP contribution is 2.17. The molecule has 2 rings (SSSR count). The van der Waals surface area contributed by atoms with Crippen molar-refractivity contribution in [1.29, 1.82) is 5.41 Å². The Hall–Kier alpha value is -2.42. The Morgan fingerprint density at radius 1 is 1.35 bits per heavy atom. The molecule has 20 heavy (non-hydrogen) atoms. The van der Waals surface area contributed by atoms with Crippen LogP contribution in [0.3, 0.4) is 0 Å². The van der Waals surface area contributed by atoms with E-state index in [0.717, 1.165) is 6.26 Å². The molecule has 0 saturated heterocycles. The number of nitrogen functional groups attached to an aromatic ring is 1. The predicted molar refractivity (Wildman–Crippen MR) is 69.2 cm³/mol. The largest absolute Gasteiger partial charge is 0.487 e. The van der Waals surface area contributed by atoms with Gasteiger partial charge in [0.05, 0.1) is 4.90 Å². The first kappa shape index (κ1) is 14.0. The molecule has 0 saturated carbocycles. The van der Waals surface area contributed by atoms with Gasteiger partial charge < -0.3 is 10.5 Å². The molecule has 0 spiro atoms. The lowest BCUT2D eigenvalue weighted by Crippen LogP contribution is -2.15. The monoisotopic (exact) mass is 296 g/mol. The zero-order chi connectivity index (χ0) is 14.8. The maximum atomic E-state index is 11.3. The lowest BCUT2D eigenvalue weighted by molar-refractivity contribution is 0.270. The molecule has 0 aliphatic carbocycles. The Bertz CT molecular complexity index is 721. The van der Waals surface area contributed by atoms with Crippen LogP contribution in [0.4, 0.5) is 0 Å². The molecule has 0 unspecified atom stereocenters. The maximum Gasteiger partial charge on any atom is 0.175 e. The van der Waals surface area contributed by atoms with E-state index in [9.17, 15) is 8.42 Å². The minimum absolute atomic E-state index is 0.0106. The van der Waals surface area contributed by atoms with E-state index in [4.69, 9.17) is 15.9 Å². The summed E-state index contributed by atoms with van der Waals surface area (Å²) in [6.07, 6.45) is 1.13. The van der Waals surface area contributed by atoms with E-state index in [-0.39, 0.29) is 23.0 Å². The van der Waals surface area contributed by atoms with Gasteiger partial charge in [0.1, 0.15) is 18.2 Å². The number of aromatic nitrogens is 2. The average Bonchev–Trinajstić information content (AvgIpc) is 2.84. The van der Waals surface area contributed by atoms with Crippen molar-refractivity contribution >= 4 is 15.7 Å². The molecule has 8 nitrogen and oxygen atoms in total. The molecule has 9 heteroatoms. The Morgan fingerprint density at radius 3 is 2.55 bits per heavy atom. The maximum absolute atomic E-state index is 11.3. The van der Waals surface area contributed by atoms with Gasteiger partial charge in [0.2, 0.25) is 0 Å². The zero-order valence-electron chi connectivity index (χ0n) is 10.5. The number of hydrogen-bond donors (Lipinski definition) is 2. The van der Waals surface area contributed by atoms with Crippen molar-refractivity contribution in [2.45, 2.75) is 11.5 Å². The van der Waals surface area contributed by atoms with Gasteiger partial charge in [-0.3, -0.25) is 5.41 Å². The molecule has 0 aliphatic heterocycles. The van der Waals surface area contributed by atoms with E-state index in [1.807, 2.05) is 0 Å². The molecule has 0 fully saturated rings. The predicted octanol–water partition coefficient (Wildman–Crippen LogP) is 0.336. The van der Waals surface area contributed by atoms with Crippen molar-refractivity contribution in [3.05, 3.63) is 35.7 Å². The summed E-state index contributed by atoms with van der Waals surface area (Å²) >= 11 is 0. The van der Waals surface area contributed by atoms with Crippen LogP contribution in [0.5, 0.6) is 5.75 Å². The van der Waals surface area contributed by atoms with Crippen molar-refractivity contribution < 1.29 is 17.8 Å². The van der Waals surface area contributed by atoms with Crippen molar-refractivity contribution in [3.8, 4) is 5.75 Å². The fourth-order valence-electron chi connectivity index (χ4n) is 1.44. The van der Waals surface area contributed by atoms with Crippen LogP contribution in [0.1, 0.15) is 11.4 Å². The van der Waals surface area contributed by atoms with Gasteiger partial charge >= 0.3 is 0 Å². The second-order valence-electron chi connectivity index (χ2n) is 4.01. The molecule has 0 aliphatic rings. The van der Waals surface area contributed by atoms with Gasteiger partial charge in [0.25, 0.3) is 0 Å². The van der Waals surface area contributed by atoms with Crippen LogP contribution in [0.2, 0.25) is 0 Å². The van der Waals surface area contributed by atoms with Crippen molar-refractivity contribution in [3.63, 3.8) is 0 Å². The Balaban J connectivity index is 2.08. The number of hydrogen-bond acceptors (Lipinski definition) is 7. The zero-order valence-corrected chi connectivity index (χ0v) is 11.3. The molecule has 3 N–H and O–H groups in total. The van der Waals surface area contributed by atoms with Crippen molar-refractivity contribution in [2.24, 2.45) is 5.73 Å². The number of nitrogens with zero attached hydrogens (tertiary/aromatic N) is 2. The summed E-state index contributed by atoms with van der Waals surface area (Å²) in [5.41, 5.74) is 5.71. The molecule has 0 amide bonds. The minimum Gasteiger partial charge on any atom is -0.487 e. The van der Waals surface area contributed by atoms with E-state index < -0.39 is 9.84 Å². The first-order chi connectivity index (χ1) is 9.38. The highest BCUT2D eigenvalue weighted by molar-refractivity contribution is 7.90. The van der Waals surface area contributed by atoms with E-state index >= 15 is 0 Å². The molecule has 2 aromatic rings. The van der Waals surface area contributed by atoms with Gasteiger partial charge in [-0.15, -0.1) is 0 Å². The highest BCUT2D eigenvalue weighted by Gasteiger charge is 2.13. The van der Waals surface area contributed by atoms with Crippen LogP contribution in [0.25, 0.3) is 0 Å². The number of rotatable bonds is 5. The average molecular weight is 296 g/mol. The van der Waals surface area contributed by atoms with E-state index in [1.54, 1.807) is 0 Å². The van der Waals surface area contributed by atoms with E-state index in [0.29, 0.717) is 11.4 Å². The third-order valence-corrected chi connectivity index (χ3v) is 3.57. The second kappa shape index (κ2) is 5.29. The van der Waals surface area contributed by atoms with Gasteiger partial charge in [-0.2, -0.15) is 0 Å². The van der Waals surface area contributed by atoms with Crippen LogP contribution < -0.4 is 10.5 Å². The molecule has 0 radical (unpaired) electrons. The SMILES string of the molecule is CS(=O)(=O)c1ccc(OCc2nonc2C(=N)N)cc1. The first-order valence-corrected chi connectivity index (χ1v) is 7.36. The summed E-state index contributed by atoms with van der Waals surface area (Å²) in [4.78, 5) is 0.206. The summed E-state index contributed by atoms with van der Waals surface area (Å²) < 4.78 is 32.5. The molecule has 1 heterocycles. The molecule has 106 valence electrons. The number of sulfone groups is 1. The fourth-order valence-corrected chi connectivity index (χ4v) is 2.07. The number of nitrogens with one attached hydrogen (secondary N) is 1. The summed E-state index contributed by atoms with van der Waals surface area (Å²) in [7, 11) is -3.23. The van der Waals surface area contributed by atoms with Crippen LogP contribution >= 0.6 is 0 Å². The minimum atomic E-state index is -3.23. The van der Waals surface area contributed by atoms with Crippen LogP contribution in [0.15, 0.2) is 33.8 Å². The number of ether oxygens (including phenoxy) is 1. The van der Waals surface area contributed by atoms with Crippen molar-refractivity contribution in [1.82, 2.24) is 10.3 Å². The number of benzene rings is 1. The van der Waals surface area contributed by atoms with Crippen LogP contribution in [-0.4, -0.2) is 30.8 Å². The standard InChI is InChI=1S/C11H12N4O4S/c1-20(16,17)8-4-2-7(3-5-8)18-6-9-10(11(12)13)15-19-14-9/h2-5H,6H2,1H3,(H3,12,13). The summed E-state index contributed by atoms with van der Waals surface area (Å²) in [6, 6.07) is 5.93. The first-order valence-electron chi connectivity index (χ1n) is 5.46. The van der Waals surface area contributed by atoms with Gasteiger partial charge in [0, 0.05) is 6.26 Å². The van der Waals surface area contributed by atoms with Gasteiger partial charge in [-0.25, -0.2) is 13.0 Å². The second-order valence-corrected chi connectivity index (χ2v) is 6.02. The van der Waals surface area contributed by atoms with Crippen LogP contribution in [0, 0.1) is 5.41 Å². The van der Waals surface area contributed by atoms with Crippen molar-refractivity contribution in [2.75, 3.05) is 6.26 Å². The van der Waals surface area contributed by atoms with E-state index in [1.165, 1.54) is 24.3 Å². The smallest absolute Gasteiger partial charge is 0.175 e. The fraction of sp³-hybridized carbons (Fsp3) is 0.182. The highest BCUT2D eigenvalue weighted by atomic mass is 32.2. The van der Waals surface area contributed by atoms with Gasteiger partial charge in [-0.05, 0) is 29.4 Å². The third kappa shape index (κ3) is 3.12. The third-order valence-electron chi connectivity index (χ3n) is 2.44. The Kier molecular flexibility index (Phi) is 3.70. The number of nitrogens with two attached hydrogens (primary N) is 1. The Labute approximate surface area is 114 Å². The van der Waals surface area contributed by atoms with E-state index in [2.05, 4.69) is 14.9 Å². The van der Waals surface area contributed by atoms with Gasteiger partial charge in [-0.1, -0.05) is 5.16 Å². The quantitative estimate of drug-likeness (QED) is 0.600. The lowest BCUT2D eigenvalue weighted by atomic mass is 10.3. The molecular weight excluding hydrogens is 284 g/mol. The summed E-state index contributed by atoms with van der Waals surface area (Å²) in [5.74, 6) is 0.187. The molecule has 1 aromatic carbocycles. The number of amidine groups is 1. The lowest BCUT2D eigenvalue weighted by Gasteiger charge is -2.05. The summed E-state index contributed by atoms with van der Waals surface area (Å²) in [5, 5.41) is 14.3. The van der Waals surface area contributed by atoms with Gasteiger partial charge in [0.15, 0.2) is 21.2 Å².